The molecule has 0 saturated carbocycles. The summed E-state index contributed by atoms with van der Waals surface area (Å²) in [6.07, 6.45) is 1.12. The summed E-state index contributed by atoms with van der Waals surface area (Å²) in [5, 5.41) is 0. The molecular weight excluding hydrogens is 237 g/mol. The van der Waals surface area contributed by atoms with Gasteiger partial charge in [-0.3, -0.25) is 0 Å². The van der Waals surface area contributed by atoms with E-state index < -0.39 is 11.7 Å². The van der Waals surface area contributed by atoms with E-state index in [9.17, 15) is 13.2 Å². The summed E-state index contributed by atoms with van der Waals surface area (Å²) in [6.45, 7) is 4.09. The summed E-state index contributed by atoms with van der Waals surface area (Å²) in [5.74, 6) is 0. The van der Waals surface area contributed by atoms with E-state index in [4.69, 9.17) is 0 Å². The lowest BCUT2D eigenvalue weighted by atomic mass is 9.98. The highest BCUT2D eigenvalue weighted by Crippen LogP contribution is 2.31. The summed E-state index contributed by atoms with van der Waals surface area (Å²) in [7, 11) is 0. The number of benzene rings is 1. The van der Waals surface area contributed by atoms with Gasteiger partial charge in [0, 0.05) is 0 Å². The summed E-state index contributed by atoms with van der Waals surface area (Å²) >= 11 is 0. The Labute approximate surface area is 107 Å². The normalized spacial score (nSPS) is 11.8. The lowest BCUT2D eigenvalue weighted by Gasteiger charge is -2.12. The number of unbranched alkanes of at least 4 members (excludes halogenated alkanes) is 2. The van der Waals surface area contributed by atoms with Gasteiger partial charge in [0.2, 0.25) is 0 Å². The minimum absolute atomic E-state index is 0.498. The topological polar surface area (TPSA) is 0 Å². The number of alkyl halides is 3. The molecule has 0 aliphatic carbocycles. The Morgan fingerprint density at radius 3 is 1.61 bits per heavy atom. The van der Waals surface area contributed by atoms with Crippen LogP contribution in [0.3, 0.4) is 0 Å². The zero-order valence-corrected chi connectivity index (χ0v) is 11.1. The molecule has 0 atom stereocenters. The molecule has 3 heteroatoms. The van der Waals surface area contributed by atoms with E-state index in [1.165, 1.54) is 12.1 Å². The number of halogens is 3. The van der Waals surface area contributed by atoms with Crippen molar-refractivity contribution in [3.8, 4) is 0 Å². The fourth-order valence-electron chi connectivity index (χ4n) is 1.98. The molecule has 1 rings (SSSR count). The Bertz CT molecular complexity index is 340. The Kier molecular flexibility index (Phi) is 5.70. The predicted molar refractivity (Wildman–Crippen MR) is 68.7 cm³/mol. The van der Waals surface area contributed by atoms with E-state index in [1.54, 1.807) is 0 Å². The van der Waals surface area contributed by atoms with E-state index in [1.807, 2.05) is 19.9 Å². The zero-order chi connectivity index (χ0) is 13.6. The van der Waals surface area contributed by atoms with Gasteiger partial charge < -0.3 is 0 Å². The molecule has 0 fully saturated rings. The van der Waals surface area contributed by atoms with Gasteiger partial charge in [0.05, 0.1) is 5.56 Å². The molecular formula is C15H21F3. The highest BCUT2D eigenvalue weighted by atomic mass is 19.4. The minimum atomic E-state index is -4.23. The van der Waals surface area contributed by atoms with Crippen molar-refractivity contribution in [2.24, 2.45) is 0 Å². The van der Waals surface area contributed by atoms with Gasteiger partial charge in [0.1, 0.15) is 0 Å². The van der Waals surface area contributed by atoms with Crippen molar-refractivity contribution in [1.29, 1.82) is 0 Å². The van der Waals surface area contributed by atoms with Crippen LogP contribution in [0, 0.1) is 0 Å². The maximum Gasteiger partial charge on any atom is 0.416 e. The van der Waals surface area contributed by atoms with E-state index in [0.717, 1.165) is 49.7 Å². The summed E-state index contributed by atoms with van der Waals surface area (Å²) in [4.78, 5) is 0. The SMILES string of the molecule is CCCCc1cc(CCCC)cc(C(F)(F)F)c1. The third-order valence-electron chi connectivity index (χ3n) is 3.02. The maximum absolute atomic E-state index is 12.8. The second-order valence-corrected chi connectivity index (χ2v) is 4.74. The average molecular weight is 258 g/mol. The van der Waals surface area contributed by atoms with Crippen LogP contribution in [0.2, 0.25) is 0 Å². The predicted octanol–water partition coefficient (Wildman–Crippen LogP) is 5.39. The number of hydrogen-bond acceptors (Lipinski definition) is 0. The fraction of sp³-hybridized carbons (Fsp3) is 0.600. The standard InChI is InChI=1S/C15H21F3/c1-3-5-7-12-9-13(8-6-4-2)11-14(10-12)15(16,17)18/h9-11H,3-8H2,1-2H3. The molecule has 0 radical (unpaired) electrons. The first-order valence-corrected chi connectivity index (χ1v) is 6.67. The van der Waals surface area contributed by atoms with Crippen molar-refractivity contribution in [1.82, 2.24) is 0 Å². The monoisotopic (exact) mass is 258 g/mol. The Morgan fingerprint density at radius 1 is 0.833 bits per heavy atom. The third kappa shape index (κ3) is 4.71. The quantitative estimate of drug-likeness (QED) is 0.641. The Morgan fingerprint density at radius 2 is 1.28 bits per heavy atom. The largest absolute Gasteiger partial charge is 0.416 e. The highest BCUT2D eigenvalue weighted by molar-refractivity contribution is 5.32. The summed E-state index contributed by atoms with van der Waals surface area (Å²) in [6, 6.07) is 4.52. The van der Waals surface area contributed by atoms with Gasteiger partial charge in [-0.25, -0.2) is 0 Å². The first-order valence-electron chi connectivity index (χ1n) is 6.67. The van der Waals surface area contributed by atoms with Crippen molar-refractivity contribution in [3.63, 3.8) is 0 Å². The van der Waals surface area contributed by atoms with Gasteiger partial charge >= 0.3 is 6.18 Å². The van der Waals surface area contributed by atoms with Crippen molar-refractivity contribution >= 4 is 0 Å². The van der Waals surface area contributed by atoms with Crippen LogP contribution in [-0.4, -0.2) is 0 Å². The lowest BCUT2D eigenvalue weighted by Crippen LogP contribution is -2.07. The van der Waals surface area contributed by atoms with Crippen molar-refractivity contribution in [2.75, 3.05) is 0 Å². The molecule has 1 aromatic rings. The van der Waals surface area contributed by atoms with E-state index in [0.29, 0.717) is 0 Å². The molecule has 18 heavy (non-hydrogen) atoms. The third-order valence-corrected chi connectivity index (χ3v) is 3.02. The summed E-state index contributed by atoms with van der Waals surface area (Å²) in [5.41, 5.74) is 1.14. The van der Waals surface area contributed by atoms with Crippen LogP contribution in [-0.2, 0) is 19.0 Å². The number of rotatable bonds is 6. The maximum atomic E-state index is 12.8. The molecule has 0 N–H and O–H groups in total. The smallest absolute Gasteiger partial charge is 0.166 e. The van der Waals surface area contributed by atoms with Gasteiger partial charge in [-0.05, 0) is 48.9 Å². The zero-order valence-electron chi connectivity index (χ0n) is 11.1. The van der Waals surface area contributed by atoms with Crippen LogP contribution < -0.4 is 0 Å². The molecule has 0 aliphatic heterocycles. The Balaban J connectivity index is 2.96. The van der Waals surface area contributed by atoms with Crippen molar-refractivity contribution < 1.29 is 13.2 Å². The van der Waals surface area contributed by atoms with Crippen LogP contribution in [0.4, 0.5) is 13.2 Å². The highest BCUT2D eigenvalue weighted by Gasteiger charge is 2.30. The van der Waals surface area contributed by atoms with Crippen LogP contribution in [0.15, 0.2) is 18.2 Å². The number of aryl methyl sites for hydroxylation is 2. The van der Waals surface area contributed by atoms with Crippen molar-refractivity contribution in [3.05, 3.63) is 34.9 Å². The molecule has 0 aliphatic rings. The lowest BCUT2D eigenvalue weighted by molar-refractivity contribution is -0.137. The average Bonchev–Trinajstić information content (AvgIpc) is 2.32. The van der Waals surface area contributed by atoms with Crippen LogP contribution >= 0.6 is 0 Å². The van der Waals surface area contributed by atoms with Crippen LogP contribution in [0.25, 0.3) is 0 Å². The molecule has 0 nitrogen and oxygen atoms in total. The van der Waals surface area contributed by atoms with Crippen LogP contribution in [0.1, 0.15) is 56.2 Å². The van der Waals surface area contributed by atoms with Gasteiger partial charge in [0.25, 0.3) is 0 Å². The second kappa shape index (κ2) is 6.81. The van der Waals surface area contributed by atoms with Gasteiger partial charge in [-0.15, -0.1) is 0 Å². The van der Waals surface area contributed by atoms with E-state index in [2.05, 4.69) is 0 Å². The minimum Gasteiger partial charge on any atom is -0.166 e. The first-order chi connectivity index (χ1) is 8.47. The van der Waals surface area contributed by atoms with E-state index >= 15 is 0 Å². The number of hydrogen-bond donors (Lipinski definition) is 0. The molecule has 0 amide bonds. The van der Waals surface area contributed by atoms with Crippen LogP contribution in [0.5, 0.6) is 0 Å². The molecule has 0 bridgehead atoms. The molecule has 0 heterocycles. The Hall–Kier alpha value is -0.990. The molecule has 0 saturated heterocycles. The molecule has 0 spiro atoms. The first kappa shape index (κ1) is 15.1. The van der Waals surface area contributed by atoms with Gasteiger partial charge in [0.15, 0.2) is 0 Å². The second-order valence-electron chi connectivity index (χ2n) is 4.74. The van der Waals surface area contributed by atoms with Gasteiger partial charge in [-0.2, -0.15) is 13.2 Å². The molecule has 0 aromatic heterocycles. The molecule has 0 unspecified atom stereocenters. The van der Waals surface area contributed by atoms with Crippen molar-refractivity contribution in [2.45, 2.75) is 58.5 Å². The summed E-state index contributed by atoms with van der Waals surface area (Å²) < 4.78 is 38.4. The molecule has 102 valence electrons. The molecule has 1 aromatic carbocycles. The van der Waals surface area contributed by atoms with E-state index in [-0.39, 0.29) is 0 Å². The van der Waals surface area contributed by atoms with Gasteiger partial charge in [-0.1, -0.05) is 32.8 Å². The fourth-order valence-corrected chi connectivity index (χ4v) is 1.98.